The van der Waals surface area contributed by atoms with E-state index < -0.39 is 0 Å². The summed E-state index contributed by atoms with van der Waals surface area (Å²) in [5.41, 5.74) is 0.646. The second kappa shape index (κ2) is 7.77. The summed E-state index contributed by atoms with van der Waals surface area (Å²) in [6, 6.07) is 0. The fraction of sp³-hybridized carbons (Fsp3) is 0.600. The van der Waals surface area contributed by atoms with Crippen LogP contribution in [-0.2, 0) is 19.1 Å². The van der Waals surface area contributed by atoms with E-state index in [4.69, 9.17) is 9.47 Å². The van der Waals surface area contributed by atoms with Gasteiger partial charge in [-0.2, -0.15) is 0 Å². The Balaban J connectivity index is 2.72. The first-order valence-corrected chi connectivity index (χ1v) is 6.73. The van der Waals surface area contributed by atoms with Crippen LogP contribution in [0.25, 0.3) is 0 Å². The normalized spacial score (nSPS) is 19.3. The number of hydrogen-bond donors (Lipinski definition) is 0. The van der Waals surface area contributed by atoms with Gasteiger partial charge in [-0.05, 0) is 19.3 Å². The van der Waals surface area contributed by atoms with Crippen LogP contribution in [0.1, 0.15) is 39.5 Å². The predicted molar refractivity (Wildman–Crippen MR) is 72.4 cm³/mol. The molecule has 0 fully saturated rings. The molecule has 0 bridgehead atoms. The number of allylic oxidation sites excluding steroid dienone is 2. The van der Waals surface area contributed by atoms with Crippen LogP contribution in [0, 0.1) is 5.92 Å². The number of carbonyl (C=O) groups is 2. The van der Waals surface area contributed by atoms with E-state index in [0.29, 0.717) is 43.3 Å². The minimum Gasteiger partial charge on any atom is -0.493 e. The Morgan fingerprint density at radius 1 is 1.47 bits per heavy atom. The van der Waals surface area contributed by atoms with Crippen molar-refractivity contribution in [2.45, 2.75) is 39.5 Å². The monoisotopic (exact) mass is 266 g/mol. The average molecular weight is 266 g/mol. The van der Waals surface area contributed by atoms with E-state index in [9.17, 15) is 9.59 Å². The molecule has 106 valence electrons. The third-order valence-electron chi connectivity index (χ3n) is 3.00. The van der Waals surface area contributed by atoms with E-state index in [1.54, 1.807) is 13.0 Å². The van der Waals surface area contributed by atoms with Crippen molar-refractivity contribution in [3.8, 4) is 0 Å². The maximum Gasteiger partial charge on any atom is 0.306 e. The van der Waals surface area contributed by atoms with Crippen LogP contribution in [-0.4, -0.2) is 25.0 Å². The Hall–Kier alpha value is -1.58. The molecule has 0 spiro atoms. The lowest BCUT2D eigenvalue weighted by Gasteiger charge is -2.23. The SMILES string of the molecule is C=CCOC1=C(CCC(=O)OCC)C(=O)CC(C)C1. The Morgan fingerprint density at radius 2 is 2.21 bits per heavy atom. The van der Waals surface area contributed by atoms with Crippen LogP contribution in [0.2, 0.25) is 0 Å². The van der Waals surface area contributed by atoms with E-state index in [1.165, 1.54) is 0 Å². The fourth-order valence-electron chi connectivity index (χ4n) is 2.15. The van der Waals surface area contributed by atoms with Gasteiger partial charge in [-0.3, -0.25) is 9.59 Å². The van der Waals surface area contributed by atoms with Gasteiger partial charge in [-0.25, -0.2) is 0 Å². The summed E-state index contributed by atoms with van der Waals surface area (Å²) >= 11 is 0. The van der Waals surface area contributed by atoms with E-state index in [2.05, 4.69) is 6.58 Å². The molecule has 4 nitrogen and oxygen atoms in total. The Morgan fingerprint density at radius 3 is 2.84 bits per heavy atom. The molecule has 0 radical (unpaired) electrons. The number of hydrogen-bond acceptors (Lipinski definition) is 4. The van der Waals surface area contributed by atoms with Gasteiger partial charge in [0.1, 0.15) is 12.4 Å². The molecule has 1 aliphatic rings. The Labute approximate surface area is 114 Å². The summed E-state index contributed by atoms with van der Waals surface area (Å²) in [5, 5.41) is 0. The standard InChI is InChI=1S/C15H22O4/c1-4-8-19-14-10-11(3)9-13(16)12(14)6-7-15(17)18-5-2/h4,11H,1,5-10H2,2-3H3. The van der Waals surface area contributed by atoms with Crippen molar-refractivity contribution < 1.29 is 19.1 Å². The molecule has 4 heteroatoms. The molecule has 0 aromatic carbocycles. The maximum absolute atomic E-state index is 12.0. The largest absolute Gasteiger partial charge is 0.493 e. The minimum atomic E-state index is -0.274. The molecule has 1 rings (SSSR count). The second-order valence-corrected chi connectivity index (χ2v) is 4.74. The van der Waals surface area contributed by atoms with Crippen LogP contribution in [0.3, 0.4) is 0 Å². The molecule has 0 aliphatic heterocycles. The van der Waals surface area contributed by atoms with Crippen molar-refractivity contribution in [1.82, 2.24) is 0 Å². The number of ketones is 1. The van der Waals surface area contributed by atoms with Gasteiger partial charge in [0.15, 0.2) is 5.78 Å². The molecule has 0 amide bonds. The molecular weight excluding hydrogens is 244 g/mol. The highest BCUT2D eigenvalue weighted by Gasteiger charge is 2.26. The first-order valence-electron chi connectivity index (χ1n) is 6.73. The topological polar surface area (TPSA) is 52.6 Å². The summed E-state index contributed by atoms with van der Waals surface area (Å²) in [6.45, 7) is 8.14. The average Bonchev–Trinajstić information content (AvgIpc) is 2.35. The fourth-order valence-corrected chi connectivity index (χ4v) is 2.15. The lowest BCUT2D eigenvalue weighted by atomic mass is 9.86. The lowest BCUT2D eigenvalue weighted by Crippen LogP contribution is -2.20. The van der Waals surface area contributed by atoms with Gasteiger partial charge in [0.25, 0.3) is 0 Å². The van der Waals surface area contributed by atoms with Crippen molar-refractivity contribution in [3.63, 3.8) is 0 Å². The van der Waals surface area contributed by atoms with Crippen LogP contribution >= 0.6 is 0 Å². The highest BCUT2D eigenvalue weighted by atomic mass is 16.5. The summed E-state index contributed by atoms with van der Waals surface area (Å²) in [6.07, 6.45) is 3.55. The summed E-state index contributed by atoms with van der Waals surface area (Å²) < 4.78 is 10.4. The first kappa shape index (κ1) is 15.5. The van der Waals surface area contributed by atoms with Crippen molar-refractivity contribution in [2.75, 3.05) is 13.2 Å². The van der Waals surface area contributed by atoms with Gasteiger partial charge in [0.2, 0.25) is 0 Å². The number of ether oxygens (including phenoxy) is 2. The zero-order valence-electron chi connectivity index (χ0n) is 11.7. The van der Waals surface area contributed by atoms with Gasteiger partial charge < -0.3 is 9.47 Å². The molecule has 0 aromatic rings. The van der Waals surface area contributed by atoms with E-state index >= 15 is 0 Å². The summed E-state index contributed by atoms with van der Waals surface area (Å²) in [4.78, 5) is 23.4. The third kappa shape index (κ3) is 4.89. The Bertz CT molecular complexity index is 382. The van der Waals surface area contributed by atoms with Crippen LogP contribution < -0.4 is 0 Å². The molecule has 0 saturated carbocycles. The first-order chi connectivity index (χ1) is 9.08. The number of Topliss-reactive ketones (excluding diaryl/α,β-unsaturated/α-hetero) is 1. The van der Waals surface area contributed by atoms with Gasteiger partial charge in [0.05, 0.1) is 6.61 Å². The van der Waals surface area contributed by atoms with Crippen LogP contribution in [0.5, 0.6) is 0 Å². The predicted octanol–water partition coefficient (Wildman–Crippen LogP) is 2.79. The molecule has 0 heterocycles. The zero-order chi connectivity index (χ0) is 14.3. The van der Waals surface area contributed by atoms with Gasteiger partial charge >= 0.3 is 5.97 Å². The zero-order valence-corrected chi connectivity index (χ0v) is 11.7. The Kier molecular flexibility index (Phi) is 6.33. The number of esters is 1. The van der Waals surface area contributed by atoms with Gasteiger partial charge in [-0.15, -0.1) is 0 Å². The van der Waals surface area contributed by atoms with E-state index in [1.807, 2.05) is 6.92 Å². The van der Waals surface area contributed by atoms with Gasteiger partial charge in [-0.1, -0.05) is 19.6 Å². The summed E-state index contributed by atoms with van der Waals surface area (Å²) in [7, 11) is 0. The molecule has 1 unspecified atom stereocenters. The molecule has 1 aliphatic carbocycles. The van der Waals surface area contributed by atoms with Crippen LogP contribution in [0.15, 0.2) is 24.0 Å². The molecule has 0 N–H and O–H groups in total. The van der Waals surface area contributed by atoms with Crippen LogP contribution in [0.4, 0.5) is 0 Å². The number of carbonyl (C=O) groups excluding carboxylic acids is 2. The second-order valence-electron chi connectivity index (χ2n) is 4.74. The minimum absolute atomic E-state index is 0.0853. The van der Waals surface area contributed by atoms with E-state index in [0.717, 1.165) is 6.42 Å². The molecule has 1 atom stereocenters. The number of rotatable bonds is 7. The smallest absolute Gasteiger partial charge is 0.306 e. The van der Waals surface area contributed by atoms with E-state index in [-0.39, 0.29) is 18.2 Å². The van der Waals surface area contributed by atoms with Crippen molar-refractivity contribution >= 4 is 11.8 Å². The van der Waals surface area contributed by atoms with Crippen molar-refractivity contribution in [3.05, 3.63) is 24.0 Å². The highest BCUT2D eigenvalue weighted by Crippen LogP contribution is 2.30. The highest BCUT2D eigenvalue weighted by molar-refractivity contribution is 5.97. The maximum atomic E-state index is 12.0. The molecule has 19 heavy (non-hydrogen) atoms. The lowest BCUT2D eigenvalue weighted by molar-refractivity contribution is -0.143. The van der Waals surface area contributed by atoms with Crippen molar-refractivity contribution in [1.29, 1.82) is 0 Å². The van der Waals surface area contributed by atoms with Gasteiger partial charge in [0, 0.05) is 24.8 Å². The third-order valence-corrected chi connectivity index (χ3v) is 3.00. The molecule has 0 aromatic heterocycles. The van der Waals surface area contributed by atoms with Crippen molar-refractivity contribution in [2.24, 2.45) is 5.92 Å². The summed E-state index contributed by atoms with van der Waals surface area (Å²) in [5.74, 6) is 0.818. The molecular formula is C15H22O4. The molecule has 0 saturated heterocycles. The quantitative estimate of drug-likeness (QED) is 0.525.